The lowest BCUT2D eigenvalue weighted by atomic mass is 9.94. The number of hydrogen-bond donors (Lipinski definition) is 2. The second kappa shape index (κ2) is 7.71. The Morgan fingerprint density at radius 1 is 1.26 bits per heavy atom. The third kappa shape index (κ3) is 4.29. The molecule has 4 nitrogen and oxygen atoms in total. The van der Waals surface area contributed by atoms with Crippen molar-refractivity contribution in [3.63, 3.8) is 0 Å². The first-order valence-corrected chi connectivity index (χ1v) is 8.80. The zero-order chi connectivity index (χ0) is 16.2. The first-order chi connectivity index (χ1) is 11.2. The maximum atomic E-state index is 13.1. The second-order valence-corrected chi connectivity index (χ2v) is 7.08. The van der Waals surface area contributed by atoms with Crippen LogP contribution < -0.4 is 10.9 Å². The monoisotopic (exact) mass is 320 g/mol. The first-order valence-electron chi connectivity index (χ1n) is 8.80. The fourth-order valence-corrected chi connectivity index (χ4v) is 3.94. The summed E-state index contributed by atoms with van der Waals surface area (Å²) in [7, 11) is 2.21. The largest absolute Gasteiger partial charge is 0.306 e. The predicted molar refractivity (Wildman–Crippen MR) is 91.5 cm³/mol. The summed E-state index contributed by atoms with van der Waals surface area (Å²) in [5, 5.41) is 0. The molecule has 0 aromatic heterocycles. The average molecular weight is 320 g/mol. The third-order valence-corrected chi connectivity index (χ3v) is 5.27. The molecule has 1 aromatic rings. The fraction of sp³-hybridized carbons (Fsp3) is 0.667. The standard InChI is InChI=1S/C18H29FN4/c1-3-23(12-14-8-9-22(2)11-14)13-16-10-20-21-18(16)15-4-6-17(19)7-5-15/h4-7,14,16,18,20-21H,3,8-13H2,1-2H3. The summed E-state index contributed by atoms with van der Waals surface area (Å²) in [5.74, 6) is 1.14. The van der Waals surface area contributed by atoms with Gasteiger partial charge in [0.2, 0.25) is 0 Å². The minimum Gasteiger partial charge on any atom is -0.306 e. The molecule has 5 heteroatoms. The number of rotatable bonds is 6. The van der Waals surface area contributed by atoms with Gasteiger partial charge >= 0.3 is 0 Å². The maximum Gasteiger partial charge on any atom is 0.123 e. The van der Waals surface area contributed by atoms with Crippen molar-refractivity contribution in [3.05, 3.63) is 35.6 Å². The van der Waals surface area contributed by atoms with Gasteiger partial charge in [-0.1, -0.05) is 19.1 Å². The summed E-state index contributed by atoms with van der Waals surface area (Å²) < 4.78 is 13.1. The van der Waals surface area contributed by atoms with Crippen LogP contribution in [0.5, 0.6) is 0 Å². The van der Waals surface area contributed by atoms with Gasteiger partial charge in [0.15, 0.2) is 0 Å². The fourth-order valence-electron chi connectivity index (χ4n) is 3.94. The van der Waals surface area contributed by atoms with Crippen LogP contribution >= 0.6 is 0 Å². The van der Waals surface area contributed by atoms with Gasteiger partial charge in [-0.15, -0.1) is 0 Å². The highest BCUT2D eigenvalue weighted by molar-refractivity contribution is 5.21. The third-order valence-electron chi connectivity index (χ3n) is 5.27. The quantitative estimate of drug-likeness (QED) is 0.838. The summed E-state index contributed by atoms with van der Waals surface area (Å²) in [5.41, 5.74) is 7.82. The van der Waals surface area contributed by atoms with Crippen LogP contribution in [0.25, 0.3) is 0 Å². The minimum absolute atomic E-state index is 0.170. The molecule has 1 aromatic carbocycles. The lowest BCUT2D eigenvalue weighted by molar-refractivity contribution is 0.203. The number of nitrogens with one attached hydrogen (secondary N) is 2. The molecule has 2 saturated heterocycles. The summed E-state index contributed by atoms with van der Waals surface area (Å²) >= 11 is 0. The molecule has 2 fully saturated rings. The number of hydrazine groups is 1. The van der Waals surface area contributed by atoms with Crippen LogP contribution in [-0.2, 0) is 0 Å². The SMILES string of the molecule is CCN(CC1CCN(C)C1)CC1CNNC1c1ccc(F)cc1. The van der Waals surface area contributed by atoms with Gasteiger partial charge in [-0.05, 0) is 50.2 Å². The topological polar surface area (TPSA) is 30.5 Å². The zero-order valence-corrected chi connectivity index (χ0v) is 14.3. The smallest absolute Gasteiger partial charge is 0.123 e. The molecule has 0 aliphatic carbocycles. The highest BCUT2D eigenvalue weighted by Gasteiger charge is 2.30. The van der Waals surface area contributed by atoms with Gasteiger partial charge < -0.3 is 9.80 Å². The summed E-state index contributed by atoms with van der Waals surface area (Å²) in [6.07, 6.45) is 1.32. The van der Waals surface area contributed by atoms with Crippen LogP contribution in [0.4, 0.5) is 4.39 Å². The molecule has 2 N–H and O–H groups in total. The molecule has 0 spiro atoms. The molecule has 2 aliphatic heterocycles. The zero-order valence-electron chi connectivity index (χ0n) is 14.3. The van der Waals surface area contributed by atoms with Crippen LogP contribution in [0.15, 0.2) is 24.3 Å². The number of halogens is 1. The average Bonchev–Trinajstić information content (AvgIpc) is 3.16. The van der Waals surface area contributed by atoms with Crippen LogP contribution in [-0.4, -0.2) is 56.1 Å². The molecule has 2 aliphatic rings. The number of benzene rings is 1. The molecule has 3 unspecified atom stereocenters. The van der Waals surface area contributed by atoms with E-state index < -0.39 is 0 Å². The molecule has 0 amide bonds. The van der Waals surface area contributed by atoms with E-state index in [1.807, 2.05) is 12.1 Å². The summed E-state index contributed by atoms with van der Waals surface area (Å²) in [6, 6.07) is 7.16. The Morgan fingerprint density at radius 2 is 2.04 bits per heavy atom. The molecule has 0 saturated carbocycles. The molecular formula is C18H29FN4. The Balaban J connectivity index is 1.59. The number of nitrogens with zero attached hydrogens (tertiary/aromatic N) is 2. The van der Waals surface area contributed by atoms with E-state index in [0.29, 0.717) is 5.92 Å². The lowest BCUT2D eigenvalue weighted by Gasteiger charge is -2.29. The molecule has 23 heavy (non-hydrogen) atoms. The van der Waals surface area contributed by atoms with Gasteiger partial charge in [-0.25, -0.2) is 9.82 Å². The normalized spacial score (nSPS) is 28.8. The molecule has 128 valence electrons. The minimum atomic E-state index is -0.170. The second-order valence-electron chi connectivity index (χ2n) is 7.08. The van der Waals surface area contributed by atoms with Crippen molar-refractivity contribution in [2.24, 2.45) is 11.8 Å². The van der Waals surface area contributed by atoms with Crippen molar-refractivity contribution >= 4 is 0 Å². The van der Waals surface area contributed by atoms with E-state index in [4.69, 9.17) is 0 Å². The van der Waals surface area contributed by atoms with Crippen LogP contribution in [0.1, 0.15) is 24.9 Å². The predicted octanol–water partition coefficient (Wildman–Crippen LogP) is 1.86. The molecule has 3 rings (SSSR count). The van der Waals surface area contributed by atoms with Gasteiger partial charge in [0.25, 0.3) is 0 Å². The number of likely N-dealkylation sites (tertiary alicyclic amines) is 1. The van der Waals surface area contributed by atoms with Crippen molar-refractivity contribution in [2.45, 2.75) is 19.4 Å². The first kappa shape index (κ1) is 16.8. The van der Waals surface area contributed by atoms with Gasteiger partial charge in [-0.3, -0.25) is 5.43 Å². The molecule has 2 heterocycles. The van der Waals surface area contributed by atoms with E-state index in [1.165, 1.54) is 26.1 Å². The van der Waals surface area contributed by atoms with E-state index >= 15 is 0 Å². The Labute approximate surface area is 139 Å². The van der Waals surface area contributed by atoms with Crippen molar-refractivity contribution < 1.29 is 4.39 Å². The Kier molecular flexibility index (Phi) is 5.64. The molecule has 0 bridgehead atoms. The van der Waals surface area contributed by atoms with E-state index in [-0.39, 0.29) is 11.9 Å². The summed E-state index contributed by atoms with van der Waals surface area (Å²) in [4.78, 5) is 5.01. The Bertz CT molecular complexity index is 492. The van der Waals surface area contributed by atoms with Crippen LogP contribution in [0.2, 0.25) is 0 Å². The van der Waals surface area contributed by atoms with Gasteiger partial charge in [0, 0.05) is 32.1 Å². The van der Waals surface area contributed by atoms with Crippen LogP contribution in [0, 0.1) is 17.7 Å². The Hall–Kier alpha value is -1.01. The van der Waals surface area contributed by atoms with Gasteiger partial charge in [0.05, 0.1) is 6.04 Å². The Morgan fingerprint density at radius 3 is 2.70 bits per heavy atom. The van der Waals surface area contributed by atoms with E-state index in [0.717, 1.165) is 31.1 Å². The van der Waals surface area contributed by atoms with E-state index in [9.17, 15) is 4.39 Å². The van der Waals surface area contributed by atoms with Crippen molar-refractivity contribution in [2.75, 3.05) is 46.3 Å². The molecule has 3 atom stereocenters. The van der Waals surface area contributed by atoms with Crippen molar-refractivity contribution in [1.29, 1.82) is 0 Å². The maximum absolute atomic E-state index is 13.1. The summed E-state index contributed by atoms with van der Waals surface area (Å²) in [6.45, 7) is 9.02. The van der Waals surface area contributed by atoms with Crippen molar-refractivity contribution in [1.82, 2.24) is 20.7 Å². The van der Waals surface area contributed by atoms with E-state index in [1.54, 1.807) is 12.1 Å². The van der Waals surface area contributed by atoms with Crippen molar-refractivity contribution in [3.8, 4) is 0 Å². The van der Waals surface area contributed by atoms with Gasteiger partial charge in [-0.2, -0.15) is 0 Å². The van der Waals surface area contributed by atoms with E-state index in [2.05, 4.69) is 34.6 Å². The highest BCUT2D eigenvalue weighted by atomic mass is 19.1. The molecular weight excluding hydrogens is 291 g/mol. The van der Waals surface area contributed by atoms with Crippen LogP contribution in [0.3, 0.4) is 0 Å². The highest BCUT2D eigenvalue weighted by Crippen LogP contribution is 2.26. The number of hydrogen-bond acceptors (Lipinski definition) is 4. The lowest BCUT2D eigenvalue weighted by Crippen LogP contribution is -2.36. The molecule has 0 radical (unpaired) electrons. The van der Waals surface area contributed by atoms with Gasteiger partial charge in [0.1, 0.15) is 5.82 Å².